The van der Waals surface area contributed by atoms with E-state index in [2.05, 4.69) is 41.6 Å². The highest BCUT2D eigenvalue weighted by molar-refractivity contribution is 9.13. The maximum Gasteiger partial charge on any atom is 0.411 e. The van der Waals surface area contributed by atoms with Crippen LogP contribution in [0.5, 0.6) is 0 Å². The van der Waals surface area contributed by atoms with Gasteiger partial charge in [-0.05, 0) is 44.8 Å². The molecule has 0 aromatic carbocycles. The van der Waals surface area contributed by atoms with Crippen molar-refractivity contribution in [2.75, 3.05) is 6.61 Å². The Morgan fingerprint density at radius 2 is 2.00 bits per heavy atom. The second-order valence-electron chi connectivity index (χ2n) is 3.11. The zero-order chi connectivity index (χ0) is 12.3. The summed E-state index contributed by atoms with van der Waals surface area (Å²) in [4.78, 5) is 4.10. The van der Waals surface area contributed by atoms with Crippen LogP contribution in [0.15, 0.2) is 15.1 Å². The highest BCUT2D eigenvalue weighted by Gasteiger charge is 2.27. The molecule has 0 N–H and O–H groups in total. The molecule has 16 heavy (non-hydrogen) atoms. The summed E-state index contributed by atoms with van der Waals surface area (Å²) >= 11 is 6.43. The zero-order valence-corrected chi connectivity index (χ0v) is 11.4. The van der Waals surface area contributed by atoms with E-state index in [0.29, 0.717) is 20.3 Å². The van der Waals surface area contributed by atoms with Crippen molar-refractivity contribution in [3.05, 3.63) is 26.4 Å². The number of halogens is 5. The Hall–Kier alpha value is -0.140. The molecule has 0 aliphatic heterocycles. The van der Waals surface area contributed by atoms with Gasteiger partial charge in [0.05, 0.1) is 11.1 Å². The van der Waals surface area contributed by atoms with Crippen LogP contribution in [0.1, 0.15) is 11.3 Å². The lowest BCUT2D eigenvalue weighted by molar-refractivity contribution is -0.176. The second-order valence-corrected chi connectivity index (χ2v) is 4.72. The topological polar surface area (TPSA) is 22.1 Å². The molecule has 90 valence electrons. The molecule has 1 rings (SSSR count). The van der Waals surface area contributed by atoms with Gasteiger partial charge in [-0.2, -0.15) is 13.2 Å². The minimum absolute atomic E-state index is 0.107. The molecule has 0 saturated carbocycles. The maximum atomic E-state index is 11.8. The second kappa shape index (κ2) is 5.46. The number of aromatic nitrogens is 1. The van der Waals surface area contributed by atoms with Gasteiger partial charge in [0.2, 0.25) is 0 Å². The Bertz CT molecular complexity index is 382. The van der Waals surface area contributed by atoms with Crippen molar-refractivity contribution in [3.63, 3.8) is 0 Å². The molecule has 0 saturated heterocycles. The first kappa shape index (κ1) is 13.9. The van der Waals surface area contributed by atoms with Gasteiger partial charge in [0.15, 0.2) is 0 Å². The Labute approximate surface area is 107 Å². The molecule has 0 aliphatic rings. The normalized spacial score (nSPS) is 11.9. The van der Waals surface area contributed by atoms with Crippen molar-refractivity contribution >= 4 is 31.9 Å². The van der Waals surface area contributed by atoms with Crippen molar-refractivity contribution in [1.82, 2.24) is 4.98 Å². The SMILES string of the molecule is Cc1nc(Br)c(Br)cc1COCC(F)(F)F. The van der Waals surface area contributed by atoms with E-state index in [0.717, 1.165) is 0 Å². The first-order valence-electron chi connectivity index (χ1n) is 4.25. The third kappa shape index (κ3) is 4.39. The van der Waals surface area contributed by atoms with Gasteiger partial charge >= 0.3 is 6.18 Å². The summed E-state index contributed by atoms with van der Waals surface area (Å²) in [5.74, 6) is 0. The molecule has 0 spiro atoms. The highest BCUT2D eigenvalue weighted by atomic mass is 79.9. The highest BCUT2D eigenvalue weighted by Crippen LogP contribution is 2.24. The van der Waals surface area contributed by atoms with Crippen LogP contribution < -0.4 is 0 Å². The van der Waals surface area contributed by atoms with Crippen LogP contribution in [0.2, 0.25) is 0 Å². The van der Waals surface area contributed by atoms with E-state index < -0.39 is 12.8 Å². The van der Waals surface area contributed by atoms with Gasteiger partial charge in [-0.25, -0.2) is 4.98 Å². The van der Waals surface area contributed by atoms with Gasteiger partial charge in [0.1, 0.15) is 11.2 Å². The summed E-state index contributed by atoms with van der Waals surface area (Å²) in [6.07, 6.45) is -4.30. The minimum Gasteiger partial charge on any atom is -0.367 e. The average Bonchev–Trinajstić information content (AvgIpc) is 2.11. The van der Waals surface area contributed by atoms with Crippen LogP contribution in [0.25, 0.3) is 0 Å². The molecular weight excluding hydrogens is 355 g/mol. The molecule has 0 aliphatic carbocycles. The molecule has 1 aromatic heterocycles. The zero-order valence-electron chi connectivity index (χ0n) is 8.24. The fourth-order valence-corrected chi connectivity index (χ4v) is 1.76. The third-order valence-corrected chi connectivity index (χ3v) is 3.49. The molecular formula is C9H8Br2F3NO. The van der Waals surface area contributed by atoms with Gasteiger partial charge in [0, 0.05) is 11.3 Å². The van der Waals surface area contributed by atoms with Crippen LogP contribution >= 0.6 is 31.9 Å². The first-order valence-corrected chi connectivity index (χ1v) is 5.84. The Morgan fingerprint density at radius 1 is 1.38 bits per heavy atom. The summed E-state index contributed by atoms with van der Waals surface area (Å²) in [5, 5.41) is 0. The van der Waals surface area contributed by atoms with E-state index in [9.17, 15) is 13.2 Å². The lowest BCUT2D eigenvalue weighted by Crippen LogP contribution is -2.17. The minimum atomic E-state index is -4.30. The standard InChI is InChI=1S/C9H8Br2F3NO/c1-5-6(2-7(10)8(11)15-5)3-16-4-9(12,13)14/h2H,3-4H2,1H3. The molecule has 7 heteroatoms. The van der Waals surface area contributed by atoms with E-state index in [1.165, 1.54) is 0 Å². The fraction of sp³-hybridized carbons (Fsp3) is 0.444. The van der Waals surface area contributed by atoms with E-state index in [-0.39, 0.29) is 6.61 Å². The van der Waals surface area contributed by atoms with Gasteiger partial charge in [-0.3, -0.25) is 0 Å². The Morgan fingerprint density at radius 3 is 2.56 bits per heavy atom. The van der Waals surface area contributed by atoms with Crippen LogP contribution in [0.3, 0.4) is 0 Å². The predicted octanol–water partition coefficient (Wildman–Crippen LogP) is 3.99. The van der Waals surface area contributed by atoms with Crippen molar-refractivity contribution in [2.45, 2.75) is 19.7 Å². The number of hydrogen-bond donors (Lipinski definition) is 0. The number of ether oxygens (including phenoxy) is 1. The Balaban J connectivity index is 2.64. The van der Waals surface area contributed by atoms with Crippen molar-refractivity contribution in [1.29, 1.82) is 0 Å². The summed E-state index contributed by atoms with van der Waals surface area (Å²) in [6.45, 7) is 0.355. The lowest BCUT2D eigenvalue weighted by atomic mass is 10.2. The molecule has 0 fully saturated rings. The molecule has 0 bridgehead atoms. The average molecular weight is 363 g/mol. The predicted molar refractivity (Wildman–Crippen MR) is 60.1 cm³/mol. The smallest absolute Gasteiger partial charge is 0.367 e. The van der Waals surface area contributed by atoms with Crippen molar-refractivity contribution in [2.24, 2.45) is 0 Å². The van der Waals surface area contributed by atoms with Gasteiger partial charge in [-0.1, -0.05) is 0 Å². The molecule has 1 heterocycles. The van der Waals surface area contributed by atoms with Crippen molar-refractivity contribution < 1.29 is 17.9 Å². The van der Waals surface area contributed by atoms with Crippen LogP contribution in [0, 0.1) is 6.92 Å². The quantitative estimate of drug-likeness (QED) is 0.758. The van der Waals surface area contributed by atoms with Crippen molar-refractivity contribution in [3.8, 4) is 0 Å². The number of aryl methyl sites for hydroxylation is 1. The van der Waals surface area contributed by atoms with Gasteiger partial charge in [-0.15, -0.1) is 0 Å². The molecule has 0 unspecified atom stereocenters. The van der Waals surface area contributed by atoms with E-state index in [1.807, 2.05) is 0 Å². The Kier molecular flexibility index (Phi) is 4.75. The van der Waals surface area contributed by atoms with Crippen LogP contribution in [0.4, 0.5) is 13.2 Å². The molecule has 2 nitrogen and oxygen atoms in total. The monoisotopic (exact) mass is 361 g/mol. The molecule has 0 amide bonds. The number of hydrogen-bond acceptors (Lipinski definition) is 2. The van der Waals surface area contributed by atoms with Gasteiger partial charge < -0.3 is 4.74 Å². The fourth-order valence-electron chi connectivity index (χ4n) is 1.01. The van der Waals surface area contributed by atoms with E-state index in [1.54, 1.807) is 13.0 Å². The van der Waals surface area contributed by atoms with Crippen LogP contribution in [-0.2, 0) is 11.3 Å². The number of nitrogens with zero attached hydrogens (tertiary/aromatic N) is 1. The van der Waals surface area contributed by atoms with E-state index in [4.69, 9.17) is 0 Å². The number of alkyl halides is 3. The summed E-state index contributed by atoms with van der Waals surface area (Å²) in [5.41, 5.74) is 1.26. The summed E-state index contributed by atoms with van der Waals surface area (Å²) in [7, 11) is 0. The molecule has 1 aromatic rings. The third-order valence-electron chi connectivity index (χ3n) is 1.75. The largest absolute Gasteiger partial charge is 0.411 e. The molecule has 0 atom stereocenters. The first-order chi connectivity index (χ1) is 7.29. The number of rotatable bonds is 3. The lowest BCUT2D eigenvalue weighted by Gasteiger charge is -2.10. The summed E-state index contributed by atoms with van der Waals surface area (Å²) < 4.78 is 41.4. The van der Waals surface area contributed by atoms with E-state index >= 15 is 0 Å². The van der Waals surface area contributed by atoms with Gasteiger partial charge in [0.25, 0.3) is 0 Å². The maximum absolute atomic E-state index is 11.8. The number of pyridine rings is 1. The van der Waals surface area contributed by atoms with Crippen LogP contribution in [-0.4, -0.2) is 17.8 Å². The molecule has 0 radical (unpaired) electrons. The summed E-state index contributed by atoms with van der Waals surface area (Å²) in [6, 6.07) is 1.68.